The first-order chi connectivity index (χ1) is 11.8. The summed E-state index contributed by atoms with van der Waals surface area (Å²) < 4.78 is 0. The second-order valence-corrected chi connectivity index (χ2v) is 7.22. The lowest BCUT2D eigenvalue weighted by Crippen LogP contribution is -1.96. The number of nitrogens with one attached hydrogen (secondary N) is 1. The summed E-state index contributed by atoms with van der Waals surface area (Å²) in [6.07, 6.45) is 0. The molecule has 24 heavy (non-hydrogen) atoms. The van der Waals surface area contributed by atoms with Gasteiger partial charge in [-0.3, -0.25) is 0 Å². The van der Waals surface area contributed by atoms with Gasteiger partial charge in [0.25, 0.3) is 0 Å². The van der Waals surface area contributed by atoms with E-state index in [1.807, 2.05) is 11.3 Å². The summed E-state index contributed by atoms with van der Waals surface area (Å²) in [7, 11) is 0. The van der Waals surface area contributed by atoms with Crippen LogP contribution in [0.1, 0.15) is 10.4 Å². The molecule has 0 aliphatic heterocycles. The predicted octanol–water partition coefficient (Wildman–Crippen LogP) is 6.49. The number of aryl methyl sites for hydroxylation is 1. The number of thiophene rings is 1. The van der Waals surface area contributed by atoms with Gasteiger partial charge in [0.2, 0.25) is 0 Å². The zero-order valence-electron chi connectivity index (χ0n) is 13.6. The molecule has 1 N–H and O–H groups in total. The van der Waals surface area contributed by atoms with Crippen molar-refractivity contribution in [3.63, 3.8) is 0 Å². The van der Waals surface area contributed by atoms with Gasteiger partial charge in [-0.1, -0.05) is 60.2 Å². The fourth-order valence-electron chi connectivity index (χ4n) is 2.83. The Balaban J connectivity index is 1.48. The first-order valence-corrected chi connectivity index (χ1v) is 8.98. The van der Waals surface area contributed by atoms with E-state index >= 15 is 0 Å². The average Bonchev–Trinajstić information content (AvgIpc) is 3.09. The van der Waals surface area contributed by atoms with E-state index in [4.69, 9.17) is 0 Å². The lowest BCUT2D eigenvalue weighted by atomic mass is 10.1. The van der Waals surface area contributed by atoms with Crippen molar-refractivity contribution in [3.8, 4) is 10.4 Å². The van der Waals surface area contributed by atoms with E-state index in [2.05, 4.69) is 91.1 Å². The highest BCUT2D eigenvalue weighted by atomic mass is 32.1. The molecule has 0 saturated heterocycles. The molecule has 0 spiro atoms. The van der Waals surface area contributed by atoms with Crippen molar-refractivity contribution < 1.29 is 0 Å². The molecule has 1 nitrogen and oxygen atoms in total. The quantitative estimate of drug-likeness (QED) is 0.451. The fraction of sp³-hybridized carbons (Fsp3) is 0.0909. The Kier molecular flexibility index (Phi) is 4.06. The van der Waals surface area contributed by atoms with Gasteiger partial charge in [-0.05, 0) is 47.5 Å². The van der Waals surface area contributed by atoms with E-state index in [1.54, 1.807) is 0 Å². The summed E-state index contributed by atoms with van der Waals surface area (Å²) in [5.74, 6) is 0. The normalized spacial score (nSPS) is 10.9. The molecule has 0 amide bonds. The maximum absolute atomic E-state index is 3.54. The second kappa shape index (κ2) is 6.50. The van der Waals surface area contributed by atoms with Crippen molar-refractivity contribution in [3.05, 3.63) is 89.3 Å². The van der Waals surface area contributed by atoms with E-state index in [-0.39, 0.29) is 0 Å². The highest BCUT2D eigenvalue weighted by Gasteiger charge is 2.03. The number of benzene rings is 3. The van der Waals surface area contributed by atoms with Crippen molar-refractivity contribution in [2.75, 3.05) is 5.32 Å². The summed E-state index contributed by atoms with van der Waals surface area (Å²) in [5.41, 5.74) is 3.76. The molecule has 3 aromatic carbocycles. The molecule has 118 valence electrons. The zero-order valence-corrected chi connectivity index (χ0v) is 14.4. The van der Waals surface area contributed by atoms with Gasteiger partial charge < -0.3 is 5.32 Å². The van der Waals surface area contributed by atoms with E-state index in [9.17, 15) is 0 Å². The van der Waals surface area contributed by atoms with Crippen LogP contribution in [0, 0.1) is 6.92 Å². The number of anilines is 1. The van der Waals surface area contributed by atoms with Gasteiger partial charge in [-0.15, -0.1) is 11.3 Å². The van der Waals surface area contributed by atoms with Crippen LogP contribution in [0.25, 0.3) is 21.2 Å². The third-order valence-electron chi connectivity index (χ3n) is 4.21. The van der Waals surface area contributed by atoms with Gasteiger partial charge in [0.15, 0.2) is 0 Å². The first-order valence-electron chi connectivity index (χ1n) is 8.16. The predicted molar refractivity (Wildman–Crippen MR) is 106 cm³/mol. The molecular formula is C22H19NS. The first kappa shape index (κ1) is 15.0. The maximum atomic E-state index is 3.54. The Morgan fingerprint density at radius 1 is 0.792 bits per heavy atom. The molecule has 0 radical (unpaired) electrons. The van der Waals surface area contributed by atoms with Crippen LogP contribution in [0.3, 0.4) is 0 Å². The van der Waals surface area contributed by atoms with E-state index in [0.717, 1.165) is 6.54 Å². The van der Waals surface area contributed by atoms with Gasteiger partial charge in [0, 0.05) is 22.0 Å². The number of hydrogen-bond acceptors (Lipinski definition) is 2. The molecule has 2 heteroatoms. The fourth-order valence-corrected chi connectivity index (χ4v) is 3.79. The Morgan fingerprint density at radius 3 is 2.42 bits per heavy atom. The number of fused-ring (bicyclic) bond motifs is 1. The van der Waals surface area contributed by atoms with Gasteiger partial charge in [0.05, 0.1) is 0 Å². The van der Waals surface area contributed by atoms with Crippen molar-refractivity contribution >= 4 is 27.8 Å². The molecular weight excluding hydrogens is 310 g/mol. The molecule has 1 aromatic heterocycles. The molecule has 1 heterocycles. The van der Waals surface area contributed by atoms with Gasteiger partial charge in [-0.2, -0.15) is 0 Å². The van der Waals surface area contributed by atoms with Crippen LogP contribution in [0.5, 0.6) is 0 Å². The van der Waals surface area contributed by atoms with Crippen LogP contribution < -0.4 is 5.32 Å². The molecule has 4 aromatic rings. The van der Waals surface area contributed by atoms with Gasteiger partial charge >= 0.3 is 0 Å². The molecule has 0 aliphatic rings. The lowest BCUT2D eigenvalue weighted by molar-refractivity contribution is 1.20. The smallest absolute Gasteiger partial charge is 0.0494 e. The molecule has 0 fully saturated rings. The largest absolute Gasteiger partial charge is 0.380 e. The van der Waals surface area contributed by atoms with Crippen LogP contribution in [0.15, 0.2) is 78.9 Å². The SMILES string of the molecule is Cc1ccc(-c2ccc(CNc3ccc4ccccc4c3)s2)cc1. The zero-order chi connectivity index (χ0) is 16.4. The topological polar surface area (TPSA) is 12.0 Å². The van der Waals surface area contributed by atoms with E-state index in [0.29, 0.717) is 0 Å². The van der Waals surface area contributed by atoms with Crippen molar-refractivity contribution in [2.24, 2.45) is 0 Å². The van der Waals surface area contributed by atoms with Crippen LogP contribution in [0.4, 0.5) is 5.69 Å². The Labute approximate surface area is 146 Å². The minimum Gasteiger partial charge on any atom is -0.380 e. The summed E-state index contributed by atoms with van der Waals surface area (Å²) in [6.45, 7) is 2.98. The summed E-state index contributed by atoms with van der Waals surface area (Å²) >= 11 is 1.85. The third-order valence-corrected chi connectivity index (χ3v) is 5.35. The number of hydrogen-bond donors (Lipinski definition) is 1. The monoisotopic (exact) mass is 329 g/mol. The van der Waals surface area contributed by atoms with Crippen molar-refractivity contribution in [1.82, 2.24) is 0 Å². The van der Waals surface area contributed by atoms with Crippen molar-refractivity contribution in [1.29, 1.82) is 0 Å². The average molecular weight is 329 g/mol. The van der Waals surface area contributed by atoms with Crippen LogP contribution in [-0.2, 0) is 6.54 Å². The molecule has 4 rings (SSSR count). The Morgan fingerprint density at radius 2 is 1.58 bits per heavy atom. The summed E-state index contributed by atoms with van der Waals surface area (Å²) in [5, 5.41) is 6.09. The summed E-state index contributed by atoms with van der Waals surface area (Å²) in [6, 6.07) is 28.2. The highest BCUT2D eigenvalue weighted by Crippen LogP contribution is 2.29. The Bertz CT molecular complexity index is 967. The third kappa shape index (κ3) is 3.19. The van der Waals surface area contributed by atoms with Crippen molar-refractivity contribution in [2.45, 2.75) is 13.5 Å². The molecule has 0 unspecified atom stereocenters. The minimum atomic E-state index is 0.856. The number of rotatable bonds is 4. The van der Waals surface area contributed by atoms with Crippen LogP contribution in [-0.4, -0.2) is 0 Å². The van der Waals surface area contributed by atoms with E-state index < -0.39 is 0 Å². The minimum absolute atomic E-state index is 0.856. The molecule has 0 aliphatic carbocycles. The molecule has 0 atom stereocenters. The maximum Gasteiger partial charge on any atom is 0.0494 e. The van der Waals surface area contributed by atoms with Gasteiger partial charge in [-0.25, -0.2) is 0 Å². The lowest BCUT2D eigenvalue weighted by Gasteiger charge is -2.06. The highest BCUT2D eigenvalue weighted by molar-refractivity contribution is 7.15. The van der Waals surface area contributed by atoms with Gasteiger partial charge in [0.1, 0.15) is 0 Å². The summed E-state index contributed by atoms with van der Waals surface area (Å²) in [4.78, 5) is 2.67. The van der Waals surface area contributed by atoms with Crippen LogP contribution in [0.2, 0.25) is 0 Å². The second-order valence-electron chi connectivity index (χ2n) is 6.05. The van der Waals surface area contributed by atoms with Crippen LogP contribution >= 0.6 is 11.3 Å². The van der Waals surface area contributed by atoms with E-state index in [1.165, 1.54) is 37.3 Å². The molecule has 0 saturated carbocycles. The molecule has 0 bridgehead atoms. The Hall–Kier alpha value is -2.58. The standard InChI is InChI=1S/C22H19NS/c1-16-6-8-18(9-7-16)22-13-12-21(24-22)15-23-20-11-10-17-4-2-3-5-19(17)14-20/h2-14,23H,15H2,1H3.